The smallest absolute Gasteiger partial charge is 0.374 e. The maximum Gasteiger partial charge on any atom is 0.374 e. The molecule has 1 aromatic heterocycles. The predicted octanol–water partition coefficient (Wildman–Crippen LogP) is 5.26. The molecule has 0 spiro atoms. The fourth-order valence-electron chi connectivity index (χ4n) is 8.30. The number of aromatic nitrogens is 1. The zero-order chi connectivity index (χ0) is 33.7. The third-order valence-corrected chi connectivity index (χ3v) is 10.9. The number of nitrogens with one attached hydrogen (secondary N) is 1. The van der Waals surface area contributed by atoms with Crippen molar-refractivity contribution in [3.63, 3.8) is 0 Å². The Bertz CT molecular complexity index is 1830. The molecule has 254 valence electrons. The molecule has 2 saturated carbocycles. The summed E-state index contributed by atoms with van der Waals surface area (Å²) in [6.45, 7) is 2.88. The Morgan fingerprint density at radius 2 is 1.90 bits per heavy atom. The van der Waals surface area contributed by atoms with Crippen LogP contribution in [-0.2, 0) is 27.4 Å². The molecule has 48 heavy (non-hydrogen) atoms. The SMILES string of the molecule is CCOC(=O)C1=C/C(=C2\C[C@H](CO)C(=O)[C@@H](c3ccc4[nH]ccc4c3)C2)c2c(OC)c3c(c(CO)c2O1)O[C@H]([C@@](C)(O)C1CCCC1)C3. The third kappa shape index (κ3) is 5.30. The van der Waals surface area contributed by atoms with Crippen molar-refractivity contribution in [3.05, 3.63) is 70.1 Å². The van der Waals surface area contributed by atoms with Crippen molar-refractivity contribution >= 4 is 28.2 Å². The summed E-state index contributed by atoms with van der Waals surface area (Å²) in [6, 6.07) is 7.84. The highest BCUT2D eigenvalue weighted by molar-refractivity contribution is 5.99. The van der Waals surface area contributed by atoms with Crippen molar-refractivity contribution in [3.8, 4) is 17.2 Å². The van der Waals surface area contributed by atoms with E-state index in [1.54, 1.807) is 20.1 Å². The highest BCUT2D eigenvalue weighted by atomic mass is 16.6. The summed E-state index contributed by atoms with van der Waals surface area (Å²) in [6.07, 6.45) is 7.83. The lowest BCUT2D eigenvalue weighted by Gasteiger charge is -2.35. The standard InChI is InChI=1S/C38H43NO9/c1-4-46-37(43)30-16-25(22-14-23(18-40)33(42)26(15-22)20-9-10-29-21(13-20)11-12-39-29)32-35(45-3)27-17-31(38(2,44)24-7-5-6-8-24)48-34(27)28(19-41)36(32)47-30/h9-13,16,23-24,26,31,39-41,44H,4-8,14-15,17-19H2,1-3H3/b25-22-/t23-,26-,31+,38+/m1/s1. The number of allylic oxidation sites excluding steroid dienone is 3. The molecule has 0 saturated heterocycles. The lowest BCUT2D eigenvalue weighted by molar-refractivity contribution is -0.141. The van der Waals surface area contributed by atoms with Gasteiger partial charge in [0, 0.05) is 35.5 Å². The summed E-state index contributed by atoms with van der Waals surface area (Å²) in [4.78, 5) is 30.2. The van der Waals surface area contributed by atoms with E-state index in [1.807, 2.05) is 37.4 Å². The Morgan fingerprint density at radius 3 is 2.60 bits per heavy atom. The number of hydrogen-bond donors (Lipinski definition) is 4. The summed E-state index contributed by atoms with van der Waals surface area (Å²) in [5.74, 6) is -0.834. The van der Waals surface area contributed by atoms with Gasteiger partial charge < -0.3 is 39.3 Å². The molecule has 4 aliphatic rings. The van der Waals surface area contributed by atoms with Gasteiger partial charge in [0.05, 0.1) is 38.1 Å². The number of hydrogen-bond acceptors (Lipinski definition) is 9. The number of esters is 1. The van der Waals surface area contributed by atoms with E-state index in [4.69, 9.17) is 18.9 Å². The molecule has 2 aromatic carbocycles. The van der Waals surface area contributed by atoms with E-state index >= 15 is 0 Å². The van der Waals surface area contributed by atoms with Crippen LogP contribution in [0.4, 0.5) is 0 Å². The van der Waals surface area contributed by atoms with Gasteiger partial charge in [0.15, 0.2) is 0 Å². The van der Waals surface area contributed by atoms with Gasteiger partial charge in [-0.15, -0.1) is 0 Å². The first-order valence-electron chi connectivity index (χ1n) is 17.0. The largest absolute Gasteiger partial charge is 0.496 e. The Balaban J connectivity index is 1.40. The van der Waals surface area contributed by atoms with Crippen LogP contribution < -0.4 is 14.2 Å². The van der Waals surface area contributed by atoms with Gasteiger partial charge in [0.1, 0.15) is 34.7 Å². The van der Waals surface area contributed by atoms with Crippen LogP contribution in [0.15, 0.2) is 47.9 Å². The van der Waals surface area contributed by atoms with Gasteiger partial charge in [-0.3, -0.25) is 4.79 Å². The van der Waals surface area contributed by atoms with E-state index in [9.17, 15) is 24.9 Å². The summed E-state index contributed by atoms with van der Waals surface area (Å²) in [5.41, 5.74) is 3.74. The third-order valence-electron chi connectivity index (χ3n) is 10.9. The number of aliphatic hydroxyl groups is 3. The normalized spacial score (nSPS) is 25.2. The Labute approximate surface area is 279 Å². The molecule has 10 heteroatoms. The quantitative estimate of drug-likeness (QED) is 0.238. The monoisotopic (exact) mass is 657 g/mol. The molecule has 3 heterocycles. The molecule has 4 atom stereocenters. The second-order valence-electron chi connectivity index (χ2n) is 13.6. The van der Waals surface area contributed by atoms with E-state index in [0.29, 0.717) is 46.6 Å². The summed E-state index contributed by atoms with van der Waals surface area (Å²) in [7, 11) is 1.56. The second kappa shape index (κ2) is 12.7. The molecule has 3 aromatic rings. The van der Waals surface area contributed by atoms with Crippen molar-refractivity contribution in [2.45, 2.75) is 83.0 Å². The predicted molar refractivity (Wildman–Crippen MR) is 178 cm³/mol. The van der Waals surface area contributed by atoms with Crippen molar-refractivity contribution in [2.75, 3.05) is 20.3 Å². The van der Waals surface area contributed by atoms with Gasteiger partial charge in [-0.05, 0) is 86.2 Å². The summed E-state index contributed by atoms with van der Waals surface area (Å²) < 4.78 is 24.2. The number of Topliss-reactive ketones (excluding diaryl/α,β-unsaturated/α-hetero) is 1. The Morgan fingerprint density at radius 1 is 1.10 bits per heavy atom. The molecule has 2 aliphatic heterocycles. The van der Waals surface area contributed by atoms with Crippen molar-refractivity contribution < 1.29 is 43.9 Å². The maximum absolute atomic E-state index is 13.8. The van der Waals surface area contributed by atoms with Crippen LogP contribution >= 0.6 is 0 Å². The zero-order valence-corrected chi connectivity index (χ0v) is 27.6. The fourth-order valence-corrected chi connectivity index (χ4v) is 8.30. The number of fused-ring (bicyclic) bond motifs is 3. The number of aromatic amines is 1. The molecule has 10 nitrogen and oxygen atoms in total. The minimum absolute atomic E-state index is 0.0408. The van der Waals surface area contributed by atoms with Crippen LogP contribution in [0.1, 0.15) is 80.5 Å². The van der Waals surface area contributed by atoms with Gasteiger partial charge in [-0.25, -0.2) is 4.79 Å². The Hall–Kier alpha value is -4.12. The zero-order valence-electron chi connectivity index (χ0n) is 27.6. The number of carbonyl (C=O) groups is 2. The molecule has 7 rings (SSSR count). The van der Waals surface area contributed by atoms with Crippen LogP contribution in [0.3, 0.4) is 0 Å². The number of carbonyl (C=O) groups excluding carboxylic acids is 2. The topological polar surface area (TPSA) is 148 Å². The summed E-state index contributed by atoms with van der Waals surface area (Å²) in [5, 5.41) is 34.0. The van der Waals surface area contributed by atoms with Gasteiger partial charge in [0.25, 0.3) is 0 Å². The van der Waals surface area contributed by atoms with E-state index in [2.05, 4.69) is 4.98 Å². The lowest BCUT2D eigenvalue weighted by Crippen LogP contribution is -2.47. The average molecular weight is 658 g/mol. The number of ketones is 1. The minimum Gasteiger partial charge on any atom is -0.496 e. The highest BCUT2D eigenvalue weighted by Crippen LogP contribution is 2.56. The van der Waals surface area contributed by atoms with Crippen LogP contribution in [0, 0.1) is 11.8 Å². The lowest BCUT2D eigenvalue weighted by atomic mass is 9.72. The van der Waals surface area contributed by atoms with Gasteiger partial charge in [-0.1, -0.05) is 24.5 Å². The molecule has 4 N–H and O–H groups in total. The van der Waals surface area contributed by atoms with Gasteiger partial charge >= 0.3 is 5.97 Å². The van der Waals surface area contributed by atoms with E-state index in [1.165, 1.54) is 0 Å². The first-order valence-corrected chi connectivity index (χ1v) is 17.0. The molecular weight excluding hydrogens is 614 g/mol. The van der Waals surface area contributed by atoms with Gasteiger partial charge in [-0.2, -0.15) is 0 Å². The molecule has 0 bridgehead atoms. The molecule has 0 radical (unpaired) electrons. The number of H-pyrrole nitrogens is 1. The van der Waals surface area contributed by atoms with E-state index in [0.717, 1.165) is 47.7 Å². The van der Waals surface area contributed by atoms with Crippen LogP contribution in [0.25, 0.3) is 16.5 Å². The van der Waals surface area contributed by atoms with Crippen molar-refractivity contribution in [2.24, 2.45) is 11.8 Å². The van der Waals surface area contributed by atoms with E-state index in [-0.39, 0.29) is 42.8 Å². The number of methoxy groups -OCH3 is 1. The molecular formula is C38H43NO9. The average Bonchev–Trinajstić information content (AvgIpc) is 3.88. The van der Waals surface area contributed by atoms with Crippen LogP contribution in [0.2, 0.25) is 0 Å². The number of aliphatic hydroxyl groups excluding tert-OH is 2. The molecule has 0 amide bonds. The van der Waals surface area contributed by atoms with Crippen molar-refractivity contribution in [1.29, 1.82) is 0 Å². The van der Waals surface area contributed by atoms with Gasteiger partial charge in [0.2, 0.25) is 5.76 Å². The first kappa shape index (κ1) is 32.4. The first-order chi connectivity index (χ1) is 23.2. The number of ether oxygens (including phenoxy) is 4. The van der Waals surface area contributed by atoms with Crippen LogP contribution in [-0.4, -0.2) is 64.1 Å². The maximum atomic E-state index is 13.8. The molecule has 2 fully saturated rings. The fraction of sp³-hybridized carbons (Fsp3) is 0.474. The van der Waals surface area contributed by atoms with E-state index < -0.39 is 36.1 Å². The number of rotatable bonds is 8. The second-order valence-corrected chi connectivity index (χ2v) is 13.6. The summed E-state index contributed by atoms with van der Waals surface area (Å²) >= 11 is 0. The van der Waals surface area contributed by atoms with Crippen molar-refractivity contribution in [1.82, 2.24) is 4.98 Å². The molecule has 2 aliphatic carbocycles. The molecule has 0 unspecified atom stereocenters. The van der Waals surface area contributed by atoms with Crippen LogP contribution in [0.5, 0.6) is 17.2 Å². The Kier molecular flexibility index (Phi) is 8.60. The minimum atomic E-state index is -1.11. The number of benzene rings is 2. The highest BCUT2D eigenvalue weighted by Gasteiger charge is 2.48.